The van der Waals surface area contributed by atoms with Crippen LogP contribution in [0.15, 0.2) is 36.4 Å². The molecule has 128 valence electrons. The van der Waals surface area contributed by atoms with Gasteiger partial charge in [0.2, 0.25) is 5.78 Å². The van der Waals surface area contributed by atoms with E-state index in [9.17, 15) is 9.59 Å². The summed E-state index contributed by atoms with van der Waals surface area (Å²) in [5.74, 6) is -0.755. The van der Waals surface area contributed by atoms with Crippen LogP contribution in [0, 0.1) is 13.8 Å². The molecule has 0 radical (unpaired) electrons. The highest BCUT2D eigenvalue weighted by Crippen LogP contribution is 2.35. The quantitative estimate of drug-likeness (QED) is 0.320. The third-order valence-corrected chi connectivity index (χ3v) is 6.24. The summed E-state index contributed by atoms with van der Waals surface area (Å²) in [5, 5.41) is 1.57. The van der Waals surface area contributed by atoms with Crippen molar-refractivity contribution in [3.8, 4) is 0 Å². The molecule has 0 atom stereocenters. The summed E-state index contributed by atoms with van der Waals surface area (Å²) >= 11 is 9.38. The van der Waals surface area contributed by atoms with Gasteiger partial charge in [0.05, 0.1) is 5.02 Å². The van der Waals surface area contributed by atoms with Crippen LogP contribution in [0.2, 0.25) is 5.02 Å². The van der Waals surface area contributed by atoms with Gasteiger partial charge in [0.1, 0.15) is 0 Å². The molecule has 2 heterocycles. The van der Waals surface area contributed by atoms with Gasteiger partial charge in [-0.05, 0) is 32.1 Å². The summed E-state index contributed by atoms with van der Waals surface area (Å²) in [6.45, 7) is 3.56. The second-order valence-electron chi connectivity index (χ2n) is 5.47. The molecule has 0 saturated carbocycles. The number of halogens is 1. The molecule has 0 unspecified atom stereocenters. The number of benzene rings is 1. The fourth-order valence-electron chi connectivity index (χ4n) is 2.45. The first-order valence-corrected chi connectivity index (χ1v) is 9.59. The lowest BCUT2D eigenvalue weighted by Gasteiger charge is -2.01. The molecular formula is C19H15ClO3S2. The second-order valence-corrected chi connectivity index (χ2v) is 8.39. The highest BCUT2D eigenvalue weighted by Gasteiger charge is 2.14. The zero-order valence-electron chi connectivity index (χ0n) is 13.7. The third-order valence-electron chi connectivity index (χ3n) is 3.62. The normalized spacial score (nSPS) is 11.3. The van der Waals surface area contributed by atoms with Gasteiger partial charge in [-0.15, -0.1) is 22.7 Å². The molecule has 0 spiro atoms. The molecule has 3 aromatic rings. The van der Waals surface area contributed by atoms with Crippen molar-refractivity contribution in [3.05, 3.63) is 61.6 Å². The number of Topliss-reactive ketones (excluding diaryl/α,β-unsaturated/α-hetero) is 1. The summed E-state index contributed by atoms with van der Waals surface area (Å²) in [4.78, 5) is 26.8. The zero-order chi connectivity index (χ0) is 18.0. The Morgan fingerprint density at radius 1 is 1.20 bits per heavy atom. The lowest BCUT2D eigenvalue weighted by atomic mass is 10.2. The van der Waals surface area contributed by atoms with Crippen molar-refractivity contribution in [1.29, 1.82) is 0 Å². The third kappa shape index (κ3) is 4.00. The number of rotatable bonds is 5. The molecule has 25 heavy (non-hydrogen) atoms. The Balaban J connectivity index is 1.64. The van der Waals surface area contributed by atoms with E-state index in [-0.39, 0.29) is 12.4 Å². The molecule has 0 N–H and O–H groups in total. The minimum absolute atomic E-state index is 0.191. The summed E-state index contributed by atoms with van der Waals surface area (Å²) < 4.78 is 6.10. The average molecular weight is 391 g/mol. The van der Waals surface area contributed by atoms with Crippen molar-refractivity contribution >= 4 is 62.2 Å². The van der Waals surface area contributed by atoms with E-state index in [4.69, 9.17) is 16.3 Å². The summed E-state index contributed by atoms with van der Waals surface area (Å²) in [6.07, 6.45) is 2.93. The van der Waals surface area contributed by atoms with Crippen LogP contribution in [0.3, 0.4) is 0 Å². The van der Waals surface area contributed by atoms with Gasteiger partial charge in [-0.3, -0.25) is 4.79 Å². The van der Waals surface area contributed by atoms with Crippen molar-refractivity contribution in [1.82, 2.24) is 0 Å². The first kappa shape index (κ1) is 17.9. The highest BCUT2D eigenvalue weighted by molar-refractivity contribution is 7.20. The first-order chi connectivity index (χ1) is 12.0. The largest absolute Gasteiger partial charge is 0.454 e. The zero-order valence-corrected chi connectivity index (χ0v) is 16.1. The van der Waals surface area contributed by atoms with E-state index in [1.54, 1.807) is 17.4 Å². The van der Waals surface area contributed by atoms with Crippen LogP contribution in [0.4, 0.5) is 0 Å². The number of ketones is 1. The standard InChI is InChI=1S/C19H15ClO3S2/c1-11-9-14(12(2)24-11)15(21)10-23-18(22)8-7-17-19(20)13-5-3-4-6-16(13)25-17/h3-9H,10H2,1-2H3/b8-7+. The van der Waals surface area contributed by atoms with E-state index >= 15 is 0 Å². The molecule has 0 saturated heterocycles. The van der Waals surface area contributed by atoms with Crippen molar-refractivity contribution in [3.63, 3.8) is 0 Å². The Hall–Kier alpha value is -1.95. The predicted octanol–water partition coefficient (Wildman–Crippen LogP) is 5.67. The maximum atomic E-state index is 12.1. The molecule has 1 aromatic carbocycles. The van der Waals surface area contributed by atoms with Gasteiger partial charge >= 0.3 is 5.97 Å². The first-order valence-electron chi connectivity index (χ1n) is 7.58. The van der Waals surface area contributed by atoms with E-state index in [2.05, 4.69) is 0 Å². The van der Waals surface area contributed by atoms with Crippen molar-refractivity contribution in [2.45, 2.75) is 13.8 Å². The van der Waals surface area contributed by atoms with Crippen LogP contribution in [-0.4, -0.2) is 18.4 Å². The molecule has 0 aliphatic carbocycles. The molecule has 2 aromatic heterocycles. The predicted molar refractivity (Wildman–Crippen MR) is 105 cm³/mol. The fourth-order valence-corrected chi connectivity index (χ4v) is 4.80. The average Bonchev–Trinajstić information content (AvgIpc) is 3.10. The lowest BCUT2D eigenvalue weighted by Crippen LogP contribution is -2.12. The van der Waals surface area contributed by atoms with Crippen molar-refractivity contribution in [2.75, 3.05) is 6.61 Å². The highest BCUT2D eigenvalue weighted by atomic mass is 35.5. The number of fused-ring (bicyclic) bond motifs is 1. The van der Waals surface area contributed by atoms with Gasteiger partial charge in [0, 0.05) is 36.4 Å². The van der Waals surface area contributed by atoms with Crippen LogP contribution in [0.1, 0.15) is 25.0 Å². The maximum Gasteiger partial charge on any atom is 0.331 e. The number of carbonyl (C=O) groups is 2. The molecule has 0 fully saturated rings. The Bertz CT molecular complexity index is 982. The number of hydrogen-bond donors (Lipinski definition) is 0. The van der Waals surface area contributed by atoms with Crippen LogP contribution >= 0.6 is 34.3 Å². The lowest BCUT2D eigenvalue weighted by molar-refractivity contribution is -0.136. The Kier molecular flexibility index (Phi) is 5.37. The Labute approximate surface area is 158 Å². The molecule has 0 aliphatic heterocycles. The van der Waals surface area contributed by atoms with E-state index < -0.39 is 5.97 Å². The smallest absolute Gasteiger partial charge is 0.331 e. The van der Waals surface area contributed by atoms with E-state index in [1.807, 2.05) is 44.2 Å². The van der Waals surface area contributed by atoms with Gasteiger partial charge in [-0.1, -0.05) is 29.8 Å². The summed E-state index contributed by atoms with van der Waals surface area (Å²) in [6, 6.07) is 9.60. The van der Waals surface area contributed by atoms with Crippen molar-refractivity contribution < 1.29 is 14.3 Å². The van der Waals surface area contributed by atoms with Gasteiger partial charge in [-0.2, -0.15) is 0 Å². The monoisotopic (exact) mass is 390 g/mol. The SMILES string of the molecule is Cc1cc(C(=O)COC(=O)/C=C/c2sc3ccccc3c2Cl)c(C)s1. The number of aryl methyl sites for hydroxylation is 2. The maximum absolute atomic E-state index is 12.1. The number of hydrogen-bond acceptors (Lipinski definition) is 5. The van der Waals surface area contributed by atoms with Crippen molar-refractivity contribution in [2.24, 2.45) is 0 Å². The summed E-state index contributed by atoms with van der Waals surface area (Å²) in [7, 11) is 0. The molecule has 0 aliphatic rings. The van der Waals surface area contributed by atoms with Crippen LogP contribution in [-0.2, 0) is 9.53 Å². The van der Waals surface area contributed by atoms with Crippen LogP contribution < -0.4 is 0 Å². The number of esters is 1. The fraction of sp³-hybridized carbons (Fsp3) is 0.158. The molecule has 0 amide bonds. The van der Waals surface area contributed by atoms with E-state index in [0.29, 0.717) is 10.6 Å². The Morgan fingerprint density at radius 2 is 1.96 bits per heavy atom. The van der Waals surface area contributed by atoms with Gasteiger partial charge < -0.3 is 4.74 Å². The van der Waals surface area contributed by atoms with E-state index in [1.165, 1.54) is 17.4 Å². The minimum Gasteiger partial charge on any atom is -0.454 e. The van der Waals surface area contributed by atoms with Gasteiger partial charge in [-0.25, -0.2) is 4.79 Å². The van der Waals surface area contributed by atoms with Crippen LogP contribution in [0.5, 0.6) is 0 Å². The molecular weight excluding hydrogens is 376 g/mol. The number of carbonyl (C=O) groups excluding carboxylic acids is 2. The number of thiophene rings is 2. The molecule has 3 nitrogen and oxygen atoms in total. The van der Waals surface area contributed by atoms with Gasteiger partial charge in [0.25, 0.3) is 0 Å². The molecule has 0 bridgehead atoms. The molecule has 6 heteroatoms. The Morgan fingerprint density at radius 3 is 2.64 bits per heavy atom. The van der Waals surface area contributed by atoms with Crippen LogP contribution in [0.25, 0.3) is 16.2 Å². The topological polar surface area (TPSA) is 43.4 Å². The molecule has 3 rings (SSSR count). The van der Waals surface area contributed by atoms with Gasteiger partial charge in [0.15, 0.2) is 6.61 Å². The van der Waals surface area contributed by atoms with E-state index in [0.717, 1.165) is 24.7 Å². The second kappa shape index (κ2) is 7.52. The summed E-state index contributed by atoms with van der Waals surface area (Å²) in [5.41, 5.74) is 0.617. The number of ether oxygens (including phenoxy) is 1. The minimum atomic E-state index is -0.563.